The Balaban J connectivity index is 1.57. The molecule has 0 aliphatic carbocycles. The fourth-order valence-electron chi connectivity index (χ4n) is 4.01. The zero-order chi connectivity index (χ0) is 19.8. The minimum absolute atomic E-state index is 0.0126. The molecule has 3 heterocycles. The van der Waals surface area contributed by atoms with Crippen molar-refractivity contribution in [3.05, 3.63) is 53.3 Å². The lowest BCUT2D eigenvalue weighted by Crippen LogP contribution is -2.40. The van der Waals surface area contributed by atoms with E-state index in [1.54, 1.807) is 22.7 Å². The van der Waals surface area contributed by atoms with Crippen molar-refractivity contribution >= 4 is 28.5 Å². The van der Waals surface area contributed by atoms with Gasteiger partial charge in [-0.1, -0.05) is 24.3 Å². The van der Waals surface area contributed by atoms with Gasteiger partial charge in [-0.2, -0.15) is 5.10 Å². The third-order valence-corrected chi connectivity index (χ3v) is 5.34. The largest absolute Gasteiger partial charge is 0.335 e. The molecule has 0 saturated carbocycles. The molecule has 144 valence electrons. The Morgan fingerprint density at radius 2 is 2.07 bits per heavy atom. The van der Waals surface area contributed by atoms with Crippen molar-refractivity contribution in [3.63, 3.8) is 0 Å². The van der Waals surface area contributed by atoms with Crippen molar-refractivity contribution in [1.29, 1.82) is 0 Å². The SMILES string of the molecule is CC(=O)N1CCc2ccccc2C1CC(=O)Nc1cnc2c(c1)c(C)nn2C. The van der Waals surface area contributed by atoms with Crippen molar-refractivity contribution < 1.29 is 9.59 Å². The van der Waals surface area contributed by atoms with E-state index >= 15 is 0 Å². The second-order valence-corrected chi connectivity index (χ2v) is 7.23. The fraction of sp³-hybridized carbons (Fsp3) is 0.333. The van der Waals surface area contributed by atoms with Crippen LogP contribution in [0.4, 0.5) is 5.69 Å². The number of aryl methyl sites for hydroxylation is 2. The highest BCUT2D eigenvalue weighted by atomic mass is 16.2. The number of amides is 2. The summed E-state index contributed by atoms with van der Waals surface area (Å²) in [5.41, 5.74) is 4.53. The first kappa shape index (κ1) is 18.2. The molecule has 7 heteroatoms. The van der Waals surface area contributed by atoms with Crippen LogP contribution in [0.5, 0.6) is 0 Å². The maximum Gasteiger partial charge on any atom is 0.226 e. The number of hydrogen-bond acceptors (Lipinski definition) is 4. The zero-order valence-corrected chi connectivity index (χ0v) is 16.3. The molecule has 0 radical (unpaired) electrons. The van der Waals surface area contributed by atoms with E-state index in [9.17, 15) is 9.59 Å². The maximum absolute atomic E-state index is 12.8. The first-order chi connectivity index (χ1) is 13.4. The van der Waals surface area contributed by atoms with Crippen LogP contribution in [-0.2, 0) is 23.1 Å². The van der Waals surface area contributed by atoms with Crippen LogP contribution in [0.2, 0.25) is 0 Å². The lowest BCUT2D eigenvalue weighted by molar-refractivity contribution is -0.132. The van der Waals surface area contributed by atoms with Crippen molar-refractivity contribution in [2.24, 2.45) is 7.05 Å². The molecule has 2 aromatic heterocycles. The molecular formula is C21H23N5O2. The van der Waals surface area contributed by atoms with Gasteiger partial charge in [-0.05, 0) is 30.5 Å². The molecule has 7 nitrogen and oxygen atoms in total. The highest BCUT2D eigenvalue weighted by Gasteiger charge is 2.30. The van der Waals surface area contributed by atoms with E-state index in [0.29, 0.717) is 12.2 Å². The predicted octanol–water partition coefficient (Wildman–Crippen LogP) is 2.75. The van der Waals surface area contributed by atoms with E-state index in [0.717, 1.165) is 28.7 Å². The van der Waals surface area contributed by atoms with Crippen LogP contribution in [0.15, 0.2) is 36.5 Å². The van der Waals surface area contributed by atoms with Crippen molar-refractivity contribution in [1.82, 2.24) is 19.7 Å². The number of pyridine rings is 1. The Kier molecular flexibility index (Phi) is 4.58. The minimum atomic E-state index is -0.251. The number of aromatic nitrogens is 3. The summed E-state index contributed by atoms with van der Waals surface area (Å²) in [5.74, 6) is -0.156. The van der Waals surface area contributed by atoms with Gasteiger partial charge in [0.15, 0.2) is 5.65 Å². The molecule has 1 aromatic carbocycles. The molecule has 3 aromatic rings. The molecule has 1 N–H and O–H groups in total. The summed E-state index contributed by atoms with van der Waals surface area (Å²) in [6.07, 6.45) is 2.66. The third-order valence-electron chi connectivity index (χ3n) is 5.34. The molecular weight excluding hydrogens is 354 g/mol. The molecule has 1 aliphatic heterocycles. The highest BCUT2D eigenvalue weighted by Crippen LogP contribution is 2.32. The quantitative estimate of drug-likeness (QED) is 0.761. The molecule has 0 fully saturated rings. The molecule has 1 unspecified atom stereocenters. The average molecular weight is 377 g/mol. The molecule has 0 bridgehead atoms. The summed E-state index contributed by atoms with van der Waals surface area (Å²) in [5, 5.41) is 8.20. The summed E-state index contributed by atoms with van der Waals surface area (Å²) >= 11 is 0. The van der Waals surface area contributed by atoms with Crippen molar-refractivity contribution in [3.8, 4) is 0 Å². The van der Waals surface area contributed by atoms with Crippen LogP contribution in [0.25, 0.3) is 11.0 Å². The maximum atomic E-state index is 12.8. The average Bonchev–Trinajstić information content (AvgIpc) is 2.95. The van der Waals surface area contributed by atoms with Gasteiger partial charge >= 0.3 is 0 Å². The van der Waals surface area contributed by atoms with Crippen LogP contribution in [0.3, 0.4) is 0 Å². The molecule has 0 saturated heterocycles. The van der Waals surface area contributed by atoms with Gasteiger partial charge in [0.05, 0.1) is 30.0 Å². The van der Waals surface area contributed by atoms with Crippen LogP contribution in [-0.4, -0.2) is 38.0 Å². The standard InChI is InChI=1S/C21H23N5O2/c1-13-18-10-16(12-22-21(18)25(3)24-13)23-20(28)11-19-17-7-5-4-6-15(17)8-9-26(19)14(2)27/h4-7,10,12,19H,8-9,11H2,1-3H3,(H,23,28). The molecule has 28 heavy (non-hydrogen) atoms. The van der Waals surface area contributed by atoms with Gasteiger partial charge in [0.2, 0.25) is 11.8 Å². The fourth-order valence-corrected chi connectivity index (χ4v) is 4.01. The smallest absolute Gasteiger partial charge is 0.226 e. The summed E-state index contributed by atoms with van der Waals surface area (Å²) in [6, 6.07) is 9.67. The molecule has 1 atom stereocenters. The van der Waals surface area contributed by atoms with Crippen LogP contribution >= 0.6 is 0 Å². The van der Waals surface area contributed by atoms with Crippen molar-refractivity contribution in [2.75, 3.05) is 11.9 Å². The Hall–Kier alpha value is -3.22. The number of nitrogens with one attached hydrogen (secondary N) is 1. The van der Waals surface area contributed by atoms with Gasteiger partial charge in [-0.3, -0.25) is 14.3 Å². The summed E-state index contributed by atoms with van der Waals surface area (Å²) < 4.78 is 1.72. The number of fused-ring (bicyclic) bond motifs is 2. The van der Waals surface area contributed by atoms with Gasteiger partial charge in [0.25, 0.3) is 0 Å². The van der Waals surface area contributed by atoms with E-state index < -0.39 is 0 Å². The van der Waals surface area contributed by atoms with Crippen LogP contribution < -0.4 is 5.32 Å². The monoisotopic (exact) mass is 377 g/mol. The number of rotatable bonds is 3. The first-order valence-electron chi connectivity index (χ1n) is 9.38. The zero-order valence-electron chi connectivity index (χ0n) is 16.3. The Labute approximate surface area is 163 Å². The van der Waals surface area contributed by atoms with E-state index in [-0.39, 0.29) is 24.3 Å². The van der Waals surface area contributed by atoms with Gasteiger partial charge in [-0.15, -0.1) is 0 Å². The topological polar surface area (TPSA) is 80.1 Å². The second kappa shape index (κ2) is 7.07. The number of carbonyl (C=O) groups is 2. The number of hydrogen-bond donors (Lipinski definition) is 1. The van der Waals surface area contributed by atoms with Gasteiger partial charge in [0, 0.05) is 25.9 Å². The molecule has 4 rings (SSSR count). The van der Waals surface area contributed by atoms with Gasteiger partial charge < -0.3 is 10.2 Å². The van der Waals surface area contributed by atoms with Gasteiger partial charge in [0.1, 0.15) is 0 Å². The van der Waals surface area contributed by atoms with E-state index in [2.05, 4.69) is 21.5 Å². The van der Waals surface area contributed by atoms with Crippen LogP contribution in [0.1, 0.15) is 36.2 Å². The first-order valence-corrected chi connectivity index (χ1v) is 9.38. The highest BCUT2D eigenvalue weighted by molar-refractivity contribution is 5.93. The minimum Gasteiger partial charge on any atom is -0.335 e. The normalized spacial score (nSPS) is 16.1. The lowest BCUT2D eigenvalue weighted by atomic mass is 9.90. The Bertz CT molecular complexity index is 1070. The van der Waals surface area contributed by atoms with Crippen LogP contribution in [0, 0.1) is 6.92 Å². The molecule has 0 spiro atoms. The van der Waals surface area contributed by atoms with Gasteiger partial charge in [-0.25, -0.2) is 4.98 Å². The second-order valence-electron chi connectivity index (χ2n) is 7.23. The lowest BCUT2D eigenvalue weighted by Gasteiger charge is -2.36. The summed E-state index contributed by atoms with van der Waals surface area (Å²) in [7, 11) is 1.84. The third kappa shape index (κ3) is 3.24. The number of nitrogens with zero attached hydrogens (tertiary/aromatic N) is 4. The number of anilines is 1. The summed E-state index contributed by atoms with van der Waals surface area (Å²) in [6.45, 7) is 4.11. The molecule has 1 aliphatic rings. The molecule has 2 amide bonds. The van der Waals surface area contributed by atoms with E-state index in [4.69, 9.17) is 0 Å². The van der Waals surface area contributed by atoms with E-state index in [1.165, 1.54) is 5.56 Å². The van der Waals surface area contributed by atoms with E-state index in [1.807, 2.05) is 38.2 Å². The Morgan fingerprint density at radius 1 is 1.29 bits per heavy atom. The summed E-state index contributed by atoms with van der Waals surface area (Å²) in [4.78, 5) is 31.1. The Morgan fingerprint density at radius 3 is 2.86 bits per heavy atom. The number of carbonyl (C=O) groups excluding carboxylic acids is 2. The van der Waals surface area contributed by atoms with Crippen molar-refractivity contribution in [2.45, 2.75) is 32.7 Å². The predicted molar refractivity (Wildman–Crippen MR) is 107 cm³/mol. The number of benzene rings is 1.